The van der Waals surface area contributed by atoms with Crippen molar-refractivity contribution in [1.29, 1.82) is 0 Å². The molecule has 0 aromatic heterocycles. The number of carbonyl (C=O) groups excluding carboxylic acids is 2. The van der Waals surface area contributed by atoms with Gasteiger partial charge in [0.25, 0.3) is 5.91 Å². The fourth-order valence-electron chi connectivity index (χ4n) is 2.96. The van der Waals surface area contributed by atoms with Gasteiger partial charge in [-0.15, -0.1) is 0 Å². The third kappa shape index (κ3) is 3.46. The van der Waals surface area contributed by atoms with Gasteiger partial charge >= 0.3 is 5.97 Å². The minimum Gasteiger partial charge on any atom is -0.493 e. The van der Waals surface area contributed by atoms with Gasteiger partial charge in [0.2, 0.25) is 0 Å². The minimum atomic E-state index is -0.423. The van der Waals surface area contributed by atoms with Gasteiger partial charge in [-0.3, -0.25) is 4.79 Å². The minimum absolute atomic E-state index is 0.260. The Hall–Kier alpha value is -2.53. The van der Waals surface area contributed by atoms with Crippen LogP contribution in [0, 0.1) is 6.92 Å². The molecule has 0 fully saturated rings. The van der Waals surface area contributed by atoms with Crippen molar-refractivity contribution in [3.05, 3.63) is 63.7 Å². The number of hydrogen-bond acceptors (Lipinski definition) is 4. The van der Waals surface area contributed by atoms with Gasteiger partial charge in [0.15, 0.2) is 0 Å². The van der Waals surface area contributed by atoms with E-state index < -0.39 is 5.97 Å². The molecule has 1 N–H and O–H groups in total. The fraction of sp³-hybridized carbons (Fsp3) is 0.263. The van der Waals surface area contributed by atoms with E-state index in [1.165, 1.54) is 7.11 Å². The first kappa shape index (κ1) is 17.3. The van der Waals surface area contributed by atoms with Crippen LogP contribution in [0.5, 0.6) is 5.75 Å². The van der Waals surface area contributed by atoms with Gasteiger partial charge < -0.3 is 14.8 Å². The second kappa shape index (κ2) is 7.15. The second-order valence-corrected chi connectivity index (χ2v) is 6.25. The number of halogens is 1. The first-order valence-electron chi connectivity index (χ1n) is 7.92. The van der Waals surface area contributed by atoms with Crippen LogP contribution in [-0.2, 0) is 4.74 Å². The maximum Gasteiger partial charge on any atom is 0.337 e. The van der Waals surface area contributed by atoms with Crippen molar-refractivity contribution in [3.8, 4) is 5.75 Å². The molecule has 0 spiro atoms. The van der Waals surface area contributed by atoms with Crippen LogP contribution in [0.2, 0.25) is 5.02 Å². The maximum atomic E-state index is 12.6. The number of ether oxygens (including phenoxy) is 2. The summed E-state index contributed by atoms with van der Waals surface area (Å²) in [6, 6.07) is 10.1. The Balaban J connectivity index is 1.93. The lowest BCUT2D eigenvalue weighted by atomic mass is 9.95. The van der Waals surface area contributed by atoms with E-state index in [9.17, 15) is 9.59 Å². The van der Waals surface area contributed by atoms with E-state index in [-0.39, 0.29) is 11.9 Å². The molecule has 5 nitrogen and oxygen atoms in total. The number of nitrogens with one attached hydrogen (secondary N) is 1. The number of amides is 1. The number of rotatable bonds is 3. The van der Waals surface area contributed by atoms with Crippen molar-refractivity contribution in [2.24, 2.45) is 0 Å². The first-order valence-corrected chi connectivity index (χ1v) is 8.30. The average molecular weight is 360 g/mol. The molecule has 0 saturated heterocycles. The van der Waals surface area contributed by atoms with Crippen LogP contribution in [-0.4, -0.2) is 25.6 Å². The van der Waals surface area contributed by atoms with Gasteiger partial charge in [-0.05, 0) is 36.8 Å². The predicted molar refractivity (Wildman–Crippen MR) is 94.3 cm³/mol. The predicted octanol–water partition coefficient (Wildman–Crippen LogP) is 3.69. The monoisotopic (exact) mass is 359 g/mol. The van der Waals surface area contributed by atoms with Crippen molar-refractivity contribution in [1.82, 2.24) is 5.32 Å². The molecule has 2 aromatic rings. The number of hydrogen-bond donors (Lipinski definition) is 1. The highest BCUT2D eigenvalue weighted by atomic mass is 35.5. The summed E-state index contributed by atoms with van der Waals surface area (Å²) in [5.41, 5.74) is 2.45. The number of esters is 1. The van der Waals surface area contributed by atoms with Crippen LogP contribution in [0.1, 0.15) is 44.3 Å². The molecule has 1 heterocycles. The Morgan fingerprint density at radius 1 is 1.28 bits per heavy atom. The van der Waals surface area contributed by atoms with Crippen molar-refractivity contribution in [2.45, 2.75) is 19.4 Å². The average Bonchev–Trinajstić information content (AvgIpc) is 2.61. The number of benzene rings is 2. The van der Waals surface area contributed by atoms with Gasteiger partial charge in [-0.25, -0.2) is 4.79 Å². The normalized spacial score (nSPS) is 15.7. The highest BCUT2D eigenvalue weighted by molar-refractivity contribution is 6.33. The molecule has 1 aliphatic rings. The van der Waals surface area contributed by atoms with E-state index in [1.807, 2.05) is 6.92 Å². The molecule has 0 saturated carbocycles. The fourth-order valence-corrected chi connectivity index (χ4v) is 3.18. The zero-order valence-electron chi connectivity index (χ0n) is 14.0. The van der Waals surface area contributed by atoms with E-state index >= 15 is 0 Å². The van der Waals surface area contributed by atoms with Crippen molar-refractivity contribution >= 4 is 23.5 Å². The molecular weight excluding hydrogens is 342 g/mol. The SMILES string of the molecule is COC(=O)c1cc(C)c2c(c1)[C@H](NC(=O)c1ccccc1Cl)CCO2. The molecular formula is C19H18ClNO4. The molecule has 0 unspecified atom stereocenters. The van der Waals surface area contributed by atoms with Crippen LogP contribution in [0.4, 0.5) is 0 Å². The highest BCUT2D eigenvalue weighted by Gasteiger charge is 2.27. The Morgan fingerprint density at radius 2 is 2.04 bits per heavy atom. The molecule has 1 aliphatic heterocycles. The standard InChI is InChI=1S/C19H18ClNO4/c1-11-9-12(19(23)24-2)10-14-16(7-8-25-17(11)14)21-18(22)13-5-3-4-6-15(13)20/h3-6,9-10,16H,7-8H2,1-2H3,(H,21,22)/t16-/m1/s1. The summed E-state index contributed by atoms with van der Waals surface area (Å²) in [6.07, 6.45) is 0.604. The Labute approximate surface area is 150 Å². The van der Waals surface area contributed by atoms with Crippen LogP contribution in [0.25, 0.3) is 0 Å². The van der Waals surface area contributed by atoms with E-state index in [4.69, 9.17) is 21.1 Å². The number of fused-ring (bicyclic) bond motifs is 1. The third-order valence-electron chi connectivity index (χ3n) is 4.18. The van der Waals surface area contributed by atoms with E-state index in [0.717, 1.165) is 11.1 Å². The van der Waals surface area contributed by atoms with Crippen molar-refractivity contribution in [3.63, 3.8) is 0 Å². The summed E-state index contributed by atoms with van der Waals surface area (Å²) in [6.45, 7) is 2.35. The lowest BCUT2D eigenvalue weighted by Crippen LogP contribution is -2.32. The number of carbonyl (C=O) groups is 2. The van der Waals surface area contributed by atoms with Crippen LogP contribution in [0.15, 0.2) is 36.4 Å². The van der Waals surface area contributed by atoms with Gasteiger partial charge in [0, 0.05) is 12.0 Å². The van der Waals surface area contributed by atoms with Crippen LogP contribution in [0.3, 0.4) is 0 Å². The maximum absolute atomic E-state index is 12.6. The quantitative estimate of drug-likeness (QED) is 0.849. The van der Waals surface area contributed by atoms with Crippen LogP contribution >= 0.6 is 11.6 Å². The lowest BCUT2D eigenvalue weighted by Gasteiger charge is -2.28. The van der Waals surface area contributed by atoms with Gasteiger partial charge in [-0.1, -0.05) is 23.7 Å². The van der Waals surface area contributed by atoms with Gasteiger partial charge in [0.05, 0.1) is 35.9 Å². The first-order chi connectivity index (χ1) is 12.0. The molecule has 2 aromatic carbocycles. The highest BCUT2D eigenvalue weighted by Crippen LogP contribution is 2.36. The Morgan fingerprint density at radius 3 is 2.76 bits per heavy atom. The smallest absolute Gasteiger partial charge is 0.337 e. The summed E-state index contributed by atoms with van der Waals surface area (Å²) in [5, 5.41) is 3.38. The van der Waals surface area contributed by atoms with E-state index in [1.54, 1.807) is 36.4 Å². The largest absolute Gasteiger partial charge is 0.493 e. The van der Waals surface area contributed by atoms with Gasteiger partial charge in [-0.2, -0.15) is 0 Å². The van der Waals surface area contributed by atoms with Gasteiger partial charge in [0.1, 0.15) is 5.75 Å². The molecule has 1 atom stereocenters. The molecule has 130 valence electrons. The molecule has 6 heteroatoms. The molecule has 3 rings (SSSR count). The molecule has 0 radical (unpaired) electrons. The van der Waals surface area contributed by atoms with Crippen LogP contribution < -0.4 is 10.1 Å². The summed E-state index contributed by atoms with van der Waals surface area (Å²) in [4.78, 5) is 24.5. The zero-order chi connectivity index (χ0) is 18.0. The molecule has 1 amide bonds. The van der Waals surface area contributed by atoms with Crippen molar-refractivity contribution in [2.75, 3.05) is 13.7 Å². The summed E-state index contributed by atoms with van der Waals surface area (Å²) >= 11 is 6.10. The number of methoxy groups -OCH3 is 1. The van der Waals surface area contributed by atoms with E-state index in [0.29, 0.717) is 34.9 Å². The second-order valence-electron chi connectivity index (χ2n) is 5.85. The molecule has 0 bridgehead atoms. The molecule has 25 heavy (non-hydrogen) atoms. The number of aryl methyl sites for hydroxylation is 1. The Bertz CT molecular complexity index is 834. The summed E-state index contributed by atoms with van der Waals surface area (Å²) in [5.74, 6) is 0.0144. The molecule has 0 aliphatic carbocycles. The summed E-state index contributed by atoms with van der Waals surface area (Å²) < 4.78 is 10.5. The van der Waals surface area contributed by atoms with E-state index in [2.05, 4.69) is 5.32 Å². The topological polar surface area (TPSA) is 64.6 Å². The summed E-state index contributed by atoms with van der Waals surface area (Å²) in [7, 11) is 1.34. The lowest BCUT2D eigenvalue weighted by molar-refractivity contribution is 0.0600. The Kier molecular flexibility index (Phi) is 4.95. The third-order valence-corrected chi connectivity index (χ3v) is 4.51. The van der Waals surface area contributed by atoms with Crippen molar-refractivity contribution < 1.29 is 19.1 Å². The zero-order valence-corrected chi connectivity index (χ0v) is 14.7.